The molecule has 4 nitrogen and oxygen atoms in total. The minimum Gasteiger partial charge on any atom is -0.481 e. The molecule has 2 aromatic rings. The molecule has 1 aromatic heterocycles. The van der Waals surface area contributed by atoms with Crippen molar-refractivity contribution in [3.8, 4) is 0 Å². The number of amides is 1. The van der Waals surface area contributed by atoms with Gasteiger partial charge < -0.3 is 10.4 Å². The predicted molar refractivity (Wildman–Crippen MR) is 85.9 cm³/mol. The number of carbonyl (C=O) groups excluding carboxylic acids is 1. The first-order valence-corrected chi connectivity index (χ1v) is 8.03. The molecule has 21 heavy (non-hydrogen) atoms. The summed E-state index contributed by atoms with van der Waals surface area (Å²) >= 11 is 10.6. The maximum absolute atomic E-state index is 12.3. The molecule has 1 atom stereocenters. The third kappa shape index (κ3) is 4.56. The number of aliphatic carboxylic acids is 1. The molecule has 0 aliphatic rings. The first-order valence-electron chi connectivity index (χ1n) is 5.98. The van der Waals surface area contributed by atoms with Gasteiger partial charge in [0.05, 0.1) is 12.5 Å². The van der Waals surface area contributed by atoms with Crippen molar-refractivity contribution in [2.75, 3.05) is 0 Å². The Kier molecular flexibility index (Phi) is 5.39. The van der Waals surface area contributed by atoms with Crippen molar-refractivity contribution in [1.82, 2.24) is 5.32 Å². The third-order valence-electron chi connectivity index (χ3n) is 2.70. The number of nitrogens with one attached hydrogen (secondary N) is 1. The topological polar surface area (TPSA) is 66.4 Å². The Hall–Kier alpha value is -1.37. The normalized spacial score (nSPS) is 11.9. The van der Waals surface area contributed by atoms with Gasteiger partial charge in [-0.25, -0.2) is 0 Å². The van der Waals surface area contributed by atoms with Crippen molar-refractivity contribution >= 4 is 50.7 Å². The summed E-state index contributed by atoms with van der Waals surface area (Å²) in [6, 6.07) is 7.89. The second kappa shape index (κ2) is 7.06. The van der Waals surface area contributed by atoms with E-state index < -0.39 is 12.0 Å². The number of thiophene rings is 1. The standard InChI is InChI=1S/C14H11BrClNO3S/c15-9-4-8(5-10(16)6-9)14(20)17-11(7-13(18)19)12-2-1-3-21-12/h1-6,11H,7H2,(H,17,20)(H,18,19). The third-order valence-corrected chi connectivity index (χ3v) is 4.36. The van der Waals surface area contributed by atoms with Crippen LogP contribution >= 0.6 is 38.9 Å². The molecule has 0 aliphatic carbocycles. The van der Waals surface area contributed by atoms with Crippen LogP contribution in [0.2, 0.25) is 5.02 Å². The Morgan fingerprint density at radius 2 is 2.14 bits per heavy atom. The zero-order valence-electron chi connectivity index (χ0n) is 10.7. The molecule has 0 fully saturated rings. The van der Waals surface area contributed by atoms with Crippen molar-refractivity contribution in [3.63, 3.8) is 0 Å². The lowest BCUT2D eigenvalue weighted by Gasteiger charge is -2.15. The highest BCUT2D eigenvalue weighted by Gasteiger charge is 2.20. The van der Waals surface area contributed by atoms with Crippen LogP contribution < -0.4 is 5.32 Å². The first-order chi connectivity index (χ1) is 9.95. The fraction of sp³-hybridized carbons (Fsp3) is 0.143. The molecule has 0 bridgehead atoms. The Morgan fingerprint density at radius 3 is 2.71 bits per heavy atom. The monoisotopic (exact) mass is 387 g/mol. The minimum absolute atomic E-state index is 0.173. The number of halogens is 2. The molecule has 2 rings (SSSR count). The summed E-state index contributed by atoms with van der Waals surface area (Å²) in [6.07, 6.45) is -0.173. The zero-order valence-corrected chi connectivity index (χ0v) is 13.8. The Balaban J connectivity index is 2.19. The van der Waals surface area contributed by atoms with Crippen LogP contribution in [0.1, 0.15) is 27.7 Å². The van der Waals surface area contributed by atoms with Gasteiger partial charge in [0.2, 0.25) is 0 Å². The molecule has 0 radical (unpaired) electrons. The van der Waals surface area contributed by atoms with Crippen molar-refractivity contribution in [1.29, 1.82) is 0 Å². The fourth-order valence-corrected chi connectivity index (χ4v) is 3.45. The van der Waals surface area contributed by atoms with E-state index >= 15 is 0 Å². The molecule has 1 aromatic carbocycles. The predicted octanol–water partition coefficient (Wildman–Crippen LogP) is 4.11. The number of hydrogen-bond donors (Lipinski definition) is 2. The largest absolute Gasteiger partial charge is 0.481 e. The first kappa shape index (κ1) is 16.0. The molecule has 0 saturated carbocycles. The van der Waals surface area contributed by atoms with Crippen LogP contribution in [-0.2, 0) is 4.79 Å². The second-order valence-corrected chi connectivity index (χ2v) is 6.63. The van der Waals surface area contributed by atoms with E-state index in [1.165, 1.54) is 17.4 Å². The molecular formula is C14H11BrClNO3S. The van der Waals surface area contributed by atoms with E-state index in [1.54, 1.807) is 18.2 Å². The molecule has 1 heterocycles. The molecule has 110 valence electrons. The Labute approximate surface area is 138 Å². The fourth-order valence-electron chi connectivity index (χ4n) is 1.81. The summed E-state index contributed by atoms with van der Waals surface area (Å²) in [4.78, 5) is 24.0. The van der Waals surface area contributed by atoms with Crippen LogP contribution in [0.15, 0.2) is 40.2 Å². The van der Waals surface area contributed by atoms with E-state index in [0.717, 1.165) is 4.88 Å². The van der Waals surface area contributed by atoms with Gasteiger partial charge in [0, 0.05) is 19.9 Å². The lowest BCUT2D eigenvalue weighted by molar-refractivity contribution is -0.137. The lowest BCUT2D eigenvalue weighted by Crippen LogP contribution is -2.29. The van der Waals surface area contributed by atoms with Gasteiger partial charge in [-0.15, -0.1) is 11.3 Å². The SMILES string of the molecule is O=C(O)CC(NC(=O)c1cc(Cl)cc(Br)c1)c1cccs1. The lowest BCUT2D eigenvalue weighted by atomic mass is 10.1. The van der Waals surface area contributed by atoms with Crippen LogP contribution in [-0.4, -0.2) is 17.0 Å². The Morgan fingerprint density at radius 1 is 1.38 bits per heavy atom. The van der Waals surface area contributed by atoms with E-state index in [0.29, 0.717) is 15.1 Å². The van der Waals surface area contributed by atoms with Gasteiger partial charge in [0.1, 0.15) is 0 Å². The maximum Gasteiger partial charge on any atom is 0.305 e. The number of carboxylic acids is 1. The van der Waals surface area contributed by atoms with E-state index in [1.807, 2.05) is 11.4 Å². The molecule has 0 aliphatic heterocycles. The highest BCUT2D eigenvalue weighted by atomic mass is 79.9. The summed E-state index contributed by atoms with van der Waals surface area (Å²) in [6.45, 7) is 0. The summed E-state index contributed by atoms with van der Waals surface area (Å²) < 4.78 is 0.686. The molecule has 0 spiro atoms. The van der Waals surface area contributed by atoms with Crippen LogP contribution in [0.3, 0.4) is 0 Å². The maximum atomic E-state index is 12.3. The van der Waals surface area contributed by atoms with Gasteiger partial charge in [0.25, 0.3) is 5.91 Å². The quantitative estimate of drug-likeness (QED) is 0.810. The average Bonchev–Trinajstić information content (AvgIpc) is 2.89. The molecule has 7 heteroatoms. The Bertz CT molecular complexity index is 640. The van der Waals surface area contributed by atoms with Crippen molar-refractivity contribution in [3.05, 3.63) is 55.6 Å². The minimum atomic E-state index is -0.971. The summed E-state index contributed by atoms with van der Waals surface area (Å²) in [5, 5.41) is 14.0. The van der Waals surface area contributed by atoms with Crippen molar-refractivity contribution < 1.29 is 14.7 Å². The molecule has 2 N–H and O–H groups in total. The highest BCUT2D eigenvalue weighted by molar-refractivity contribution is 9.10. The summed E-state index contributed by atoms with van der Waals surface area (Å²) in [7, 11) is 0. The van der Waals surface area contributed by atoms with Crippen LogP contribution in [0.25, 0.3) is 0 Å². The molecule has 1 amide bonds. The molecular weight excluding hydrogens is 378 g/mol. The number of hydrogen-bond acceptors (Lipinski definition) is 3. The van der Waals surface area contributed by atoms with Crippen LogP contribution in [0.4, 0.5) is 0 Å². The van der Waals surface area contributed by atoms with Gasteiger partial charge >= 0.3 is 5.97 Å². The van der Waals surface area contributed by atoms with E-state index in [9.17, 15) is 9.59 Å². The number of carboxylic acid groups (broad SMARTS) is 1. The average molecular weight is 389 g/mol. The number of rotatable bonds is 5. The van der Waals surface area contributed by atoms with Crippen LogP contribution in [0.5, 0.6) is 0 Å². The van der Waals surface area contributed by atoms with E-state index in [-0.39, 0.29) is 12.3 Å². The van der Waals surface area contributed by atoms with Crippen molar-refractivity contribution in [2.24, 2.45) is 0 Å². The van der Waals surface area contributed by atoms with Gasteiger partial charge in [-0.2, -0.15) is 0 Å². The smallest absolute Gasteiger partial charge is 0.305 e. The molecule has 0 saturated heterocycles. The number of benzene rings is 1. The van der Waals surface area contributed by atoms with E-state index in [2.05, 4.69) is 21.2 Å². The summed E-state index contributed by atoms with van der Waals surface area (Å²) in [5.41, 5.74) is 0.376. The van der Waals surface area contributed by atoms with Gasteiger partial charge in [0.15, 0.2) is 0 Å². The van der Waals surface area contributed by atoms with E-state index in [4.69, 9.17) is 16.7 Å². The number of carbonyl (C=O) groups is 2. The zero-order chi connectivity index (χ0) is 15.4. The highest BCUT2D eigenvalue weighted by Crippen LogP contribution is 2.24. The van der Waals surface area contributed by atoms with Gasteiger partial charge in [-0.3, -0.25) is 9.59 Å². The second-order valence-electron chi connectivity index (χ2n) is 4.30. The van der Waals surface area contributed by atoms with Gasteiger partial charge in [-0.05, 0) is 29.6 Å². The van der Waals surface area contributed by atoms with Crippen molar-refractivity contribution in [2.45, 2.75) is 12.5 Å². The van der Waals surface area contributed by atoms with Crippen LogP contribution in [0, 0.1) is 0 Å². The summed E-state index contributed by atoms with van der Waals surface area (Å²) in [5.74, 6) is -1.33. The van der Waals surface area contributed by atoms with Gasteiger partial charge in [-0.1, -0.05) is 33.6 Å². The molecule has 1 unspecified atom stereocenters.